The lowest BCUT2D eigenvalue weighted by molar-refractivity contribution is -0.120. The number of hydrogen-bond acceptors (Lipinski definition) is 5. The standard InChI is InChI=1S/C15H17N3O2S/c19-13(8-15(20)5-1-2-6-15)18-14-17-12(10-21-14)11-4-3-7-16-9-11/h3-4,7,9-10,20H,1-2,5-6,8H2,(H,17,18,19). The summed E-state index contributed by atoms with van der Waals surface area (Å²) < 4.78 is 0. The molecule has 0 atom stereocenters. The molecule has 1 saturated carbocycles. The van der Waals surface area contributed by atoms with E-state index in [-0.39, 0.29) is 12.3 Å². The van der Waals surface area contributed by atoms with Gasteiger partial charge in [0.15, 0.2) is 5.13 Å². The molecule has 3 rings (SSSR count). The number of nitrogens with zero attached hydrogens (tertiary/aromatic N) is 2. The number of carbonyl (C=O) groups is 1. The highest BCUT2D eigenvalue weighted by Crippen LogP contribution is 2.33. The van der Waals surface area contributed by atoms with Crippen LogP contribution in [0, 0.1) is 0 Å². The fourth-order valence-corrected chi connectivity index (χ4v) is 3.39. The smallest absolute Gasteiger partial charge is 0.229 e. The van der Waals surface area contributed by atoms with Crippen LogP contribution in [-0.2, 0) is 4.79 Å². The number of thiazole rings is 1. The summed E-state index contributed by atoms with van der Waals surface area (Å²) in [5.41, 5.74) is 0.889. The molecule has 2 N–H and O–H groups in total. The number of pyridine rings is 1. The Kier molecular flexibility index (Phi) is 3.98. The highest BCUT2D eigenvalue weighted by atomic mass is 32.1. The lowest BCUT2D eigenvalue weighted by Crippen LogP contribution is -2.30. The third-order valence-electron chi connectivity index (χ3n) is 3.73. The van der Waals surface area contributed by atoms with Crippen LogP contribution in [0.25, 0.3) is 11.3 Å². The van der Waals surface area contributed by atoms with Crippen molar-refractivity contribution in [3.8, 4) is 11.3 Å². The minimum Gasteiger partial charge on any atom is -0.389 e. The van der Waals surface area contributed by atoms with E-state index in [4.69, 9.17) is 0 Å². The zero-order valence-electron chi connectivity index (χ0n) is 11.6. The maximum absolute atomic E-state index is 12.0. The first-order valence-corrected chi connectivity index (χ1v) is 7.91. The van der Waals surface area contributed by atoms with Gasteiger partial charge in [-0.15, -0.1) is 11.3 Å². The molecule has 0 radical (unpaired) electrons. The van der Waals surface area contributed by atoms with E-state index in [1.165, 1.54) is 11.3 Å². The quantitative estimate of drug-likeness (QED) is 0.910. The Morgan fingerprint density at radius 1 is 1.43 bits per heavy atom. The molecule has 2 heterocycles. The van der Waals surface area contributed by atoms with Gasteiger partial charge in [-0.3, -0.25) is 9.78 Å². The Balaban J connectivity index is 1.63. The fourth-order valence-electron chi connectivity index (χ4n) is 2.65. The van der Waals surface area contributed by atoms with Crippen molar-refractivity contribution >= 4 is 22.4 Å². The van der Waals surface area contributed by atoms with Crippen LogP contribution in [0.15, 0.2) is 29.9 Å². The summed E-state index contributed by atoms with van der Waals surface area (Å²) in [6, 6.07) is 3.78. The number of amides is 1. The van der Waals surface area contributed by atoms with Gasteiger partial charge in [0.2, 0.25) is 5.91 Å². The van der Waals surface area contributed by atoms with Crippen molar-refractivity contribution in [2.45, 2.75) is 37.7 Å². The maximum Gasteiger partial charge on any atom is 0.229 e. The van der Waals surface area contributed by atoms with Gasteiger partial charge < -0.3 is 10.4 Å². The molecular weight excluding hydrogens is 286 g/mol. The molecule has 110 valence electrons. The molecule has 1 amide bonds. The van der Waals surface area contributed by atoms with Gasteiger partial charge in [0, 0.05) is 23.3 Å². The molecule has 6 heteroatoms. The number of rotatable bonds is 4. The van der Waals surface area contributed by atoms with Crippen LogP contribution in [0.2, 0.25) is 0 Å². The number of hydrogen-bond donors (Lipinski definition) is 2. The first kappa shape index (κ1) is 14.2. The molecule has 0 saturated heterocycles. The summed E-state index contributed by atoms with van der Waals surface area (Å²) in [5.74, 6) is -0.175. The van der Waals surface area contributed by atoms with Gasteiger partial charge in [-0.25, -0.2) is 4.98 Å². The third-order valence-corrected chi connectivity index (χ3v) is 4.49. The van der Waals surface area contributed by atoms with Gasteiger partial charge in [0.05, 0.1) is 17.7 Å². The number of anilines is 1. The first-order chi connectivity index (χ1) is 10.1. The number of aliphatic hydroxyl groups is 1. The highest BCUT2D eigenvalue weighted by Gasteiger charge is 2.33. The predicted molar refractivity (Wildman–Crippen MR) is 82.0 cm³/mol. The van der Waals surface area contributed by atoms with E-state index < -0.39 is 5.60 Å². The van der Waals surface area contributed by atoms with Crippen LogP contribution in [0.4, 0.5) is 5.13 Å². The fraction of sp³-hybridized carbons (Fsp3) is 0.400. The van der Waals surface area contributed by atoms with E-state index in [0.29, 0.717) is 18.0 Å². The molecule has 5 nitrogen and oxygen atoms in total. The van der Waals surface area contributed by atoms with E-state index in [9.17, 15) is 9.90 Å². The molecule has 1 aliphatic rings. The van der Waals surface area contributed by atoms with Gasteiger partial charge >= 0.3 is 0 Å². The first-order valence-electron chi connectivity index (χ1n) is 7.03. The van der Waals surface area contributed by atoms with E-state index in [2.05, 4.69) is 15.3 Å². The Morgan fingerprint density at radius 3 is 2.95 bits per heavy atom. The van der Waals surface area contributed by atoms with Gasteiger partial charge in [0.25, 0.3) is 0 Å². The topological polar surface area (TPSA) is 75.1 Å². The Hall–Kier alpha value is -1.79. The summed E-state index contributed by atoms with van der Waals surface area (Å²) in [6.45, 7) is 0. The van der Waals surface area contributed by atoms with E-state index in [1.807, 2.05) is 17.5 Å². The molecule has 1 aliphatic carbocycles. The molecule has 0 unspecified atom stereocenters. The lowest BCUT2D eigenvalue weighted by Gasteiger charge is -2.20. The van der Waals surface area contributed by atoms with E-state index in [0.717, 1.165) is 24.1 Å². The molecule has 0 spiro atoms. The lowest BCUT2D eigenvalue weighted by atomic mass is 9.98. The van der Waals surface area contributed by atoms with Crippen molar-refractivity contribution in [3.63, 3.8) is 0 Å². The summed E-state index contributed by atoms with van der Waals surface area (Å²) in [6.07, 6.45) is 6.99. The SMILES string of the molecule is O=C(CC1(O)CCCC1)Nc1nc(-c2cccnc2)cs1. The zero-order chi connectivity index (χ0) is 14.7. The van der Waals surface area contributed by atoms with Crippen LogP contribution >= 0.6 is 11.3 Å². The van der Waals surface area contributed by atoms with Crippen molar-refractivity contribution in [1.82, 2.24) is 9.97 Å². The Bertz CT molecular complexity index is 621. The molecule has 2 aromatic rings. The van der Waals surface area contributed by atoms with Crippen LogP contribution in [0.1, 0.15) is 32.1 Å². The van der Waals surface area contributed by atoms with Gasteiger partial charge in [-0.1, -0.05) is 12.8 Å². The number of nitrogens with one attached hydrogen (secondary N) is 1. The summed E-state index contributed by atoms with van der Waals surface area (Å²) >= 11 is 1.38. The van der Waals surface area contributed by atoms with Crippen LogP contribution in [0.3, 0.4) is 0 Å². The number of aromatic nitrogens is 2. The largest absolute Gasteiger partial charge is 0.389 e. The Labute approximate surface area is 127 Å². The average Bonchev–Trinajstić information content (AvgIpc) is 3.09. The van der Waals surface area contributed by atoms with Gasteiger partial charge in [-0.2, -0.15) is 0 Å². The van der Waals surface area contributed by atoms with Crippen molar-refractivity contribution in [3.05, 3.63) is 29.9 Å². The minimum absolute atomic E-state index is 0.148. The summed E-state index contributed by atoms with van der Waals surface area (Å²) in [7, 11) is 0. The summed E-state index contributed by atoms with van der Waals surface area (Å²) in [5, 5.41) is 15.5. The molecule has 1 fully saturated rings. The zero-order valence-corrected chi connectivity index (χ0v) is 12.4. The number of carbonyl (C=O) groups excluding carboxylic acids is 1. The molecule has 0 aromatic carbocycles. The highest BCUT2D eigenvalue weighted by molar-refractivity contribution is 7.14. The van der Waals surface area contributed by atoms with Crippen molar-refractivity contribution in [2.24, 2.45) is 0 Å². The van der Waals surface area contributed by atoms with E-state index >= 15 is 0 Å². The maximum atomic E-state index is 12.0. The molecule has 0 bridgehead atoms. The van der Waals surface area contributed by atoms with Crippen LogP contribution in [0.5, 0.6) is 0 Å². The van der Waals surface area contributed by atoms with Crippen molar-refractivity contribution in [1.29, 1.82) is 0 Å². The summed E-state index contributed by atoms with van der Waals surface area (Å²) in [4.78, 5) is 20.4. The molecule has 21 heavy (non-hydrogen) atoms. The molecule has 2 aromatic heterocycles. The predicted octanol–water partition coefficient (Wildman–Crippen LogP) is 2.84. The van der Waals surface area contributed by atoms with Gasteiger partial charge in [-0.05, 0) is 25.0 Å². The van der Waals surface area contributed by atoms with E-state index in [1.54, 1.807) is 12.4 Å². The van der Waals surface area contributed by atoms with Gasteiger partial charge in [0.1, 0.15) is 0 Å². The second-order valence-electron chi connectivity index (χ2n) is 5.44. The normalized spacial score (nSPS) is 16.8. The molecule has 0 aliphatic heterocycles. The minimum atomic E-state index is -0.826. The average molecular weight is 303 g/mol. The van der Waals surface area contributed by atoms with Crippen LogP contribution in [-0.4, -0.2) is 26.6 Å². The van der Waals surface area contributed by atoms with Crippen molar-refractivity contribution < 1.29 is 9.90 Å². The second kappa shape index (κ2) is 5.91. The third kappa shape index (κ3) is 3.46. The molecular formula is C15H17N3O2S. The second-order valence-corrected chi connectivity index (χ2v) is 6.29. The van der Waals surface area contributed by atoms with Crippen molar-refractivity contribution in [2.75, 3.05) is 5.32 Å². The Morgan fingerprint density at radius 2 is 2.24 bits per heavy atom. The van der Waals surface area contributed by atoms with Crippen LogP contribution < -0.4 is 5.32 Å². The monoisotopic (exact) mass is 303 g/mol.